The maximum Gasteiger partial charge on any atom is 0.0774 e. The minimum atomic E-state index is -0.398. The Morgan fingerprint density at radius 1 is 1.17 bits per heavy atom. The number of unbranched alkanes of at least 4 members (excludes halogenated alkanes) is 3. The molecule has 0 saturated heterocycles. The number of allylic oxidation sites excluding steroid dienone is 1. The van der Waals surface area contributed by atoms with Crippen LogP contribution in [0.3, 0.4) is 0 Å². The van der Waals surface area contributed by atoms with E-state index in [-0.39, 0.29) is 0 Å². The summed E-state index contributed by atoms with van der Waals surface area (Å²) in [5.41, 5.74) is 2.24. The Morgan fingerprint density at radius 2 is 1.83 bits per heavy atom. The molecule has 1 atom stereocenters. The van der Waals surface area contributed by atoms with E-state index in [1.165, 1.54) is 29.3 Å². The molecule has 1 rings (SSSR count). The predicted octanol–water partition coefficient (Wildman–Crippen LogP) is 5.18. The van der Waals surface area contributed by atoms with Gasteiger partial charge in [0.2, 0.25) is 0 Å². The van der Waals surface area contributed by atoms with E-state index in [0.29, 0.717) is 0 Å². The van der Waals surface area contributed by atoms with Crippen LogP contribution in [0.5, 0.6) is 0 Å². The normalized spacial score (nSPS) is 14.2. The van der Waals surface area contributed by atoms with Gasteiger partial charge in [0.15, 0.2) is 0 Å². The van der Waals surface area contributed by atoms with E-state index in [1.807, 2.05) is 25.1 Å². The molecule has 100 valence electrons. The highest BCUT2D eigenvalue weighted by molar-refractivity contribution is 14.1. The molecule has 0 amide bonds. The third kappa shape index (κ3) is 5.11. The Bertz CT molecular complexity index is 368. The molecule has 0 aliphatic rings. The molecule has 0 aromatic heterocycles. The zero-order chi connectivity index (χ0) is 13.4. The van der Waals surface area contributed by atoms with Gasteiger partial charge in [-0.05, 0) is 57.1 Å². The maximum absolute atomic E-state index is 9.98. The highest BCUT2D eigenvalue weighted by Gasteiger charge is 2.12. The lowest BCUT2D eigenvalue weighted by Crippen LogP contribution is -2.05. The molecule has 0 aliphatic carbocycles. The third-order valence-corrected chi connectivity index (χ3v) is 4.17. The molecule has 1 nitrogen and oxygen atoms in total. The van der Waals surface area contributed by atoms with Crippen molar-refractivity contribution in [3.63, 3.8) is 0 Å². The van der Waals surface area contributed by atoms with Crippen molar-refractivity contribution in [3.8, 4) is 0 Å². The van der Waals surface area contributed by atoms with Crippen molar-refractivity contribution in [2.24, 2.45) is 0 Å². The molecule has 0 heterocycles. The minimum absolute atomic E-state index is 0.398. The van der Waals surface area contributed by atoms with E-state index >= 15 is 0 Å². The van der Waals surface area contributed by atoms with E-state index in [1.54, 1.807) is 0 Å². The number of rotatable bonds is 7. The topological polar surface area (TPSA) is 20.2 Å². The molecule has 1 aromatic carbocycles. The van der Waals surface area contributed by atoms with Crippen molar-refractivity contribution < 1.29 is 5.11 Å². The van der Waals surface area contributed by atoms with Crippen LogP contribution in [0.25, 0.3) is 5.57 Å². The fourth-order valence-corrected chi connectivity index (χ4v) is 3.23. The van der Waals surface area contributed by atoms with Gasteiger partial charge in [0, 0.05) is 0 Å². The van der Waals surface area contributed by atoms with E-state index in [9.17, 15) is 5.11 Å². The number of hydrogen-bond acceptors (Lipinski definition) is 1. The molecule has 1 aromatic rings. The summed E-state index contributed by atoms with van der Waals surface area (Å²) < 4.78 is 1.30. The first-order valence-corrected chi connectivity index (χ1v) is 7.86. The van der Waals surface area contributed by atoms with Crippen LogP contribution in [0.1, 0.15) is 51.5 Å². The summed E-state index contributed by atoms with van der Waals surface area (Å²) in [6.45, 7) is 4.08. The van der Waals surface area contributed by atoms with Crippen molar-refractivity contribution in [1.82, 2.24) is 0 Å². The highest BCUT2D eigenvalue weighted by atomic mass is 127. The molecule has 0 fully saturated rings. The number of aliphatic hydroxyl groups is 1. The number of halogens is 1. The third-order valence-electron chi connectivity index (χ3n) is 3.04. The summed E-state index contributed by atoms with van der Waals surface area (Å²) in [7, 11) is 0. The Labute approximate surface area is 124 Å². The van der Waals surface area contributed by atoms with Gasteiger partial charge >= 0.3 is 0 Å². The van der Waals surface area contributed by atoms with Gasteiger partial charge in [0.25, 0.3) is 0 Å². The molecule has 1 unspecified atom stereocenters. The quantitative estimate of drug-likeness (QED) is 0.526. The van der Waals surface area contributed by atoms with Crippen molar-refractivity contribution >= 4 is 28.2 Å². The second-order valence-corrected chi connectivity index (χ2v) is 5.97. The average molecular weight is 358 g/mol. The predicted molar refractivity (Wildman–Crippen MR) is 87.8 cm³/mol. The summed E-state index contributed by atoms with van der Waals surface area (Å²) in [6, 6.07) is 10.2. The van der Waals surface area contributed by atoms with Crippen molar-refractivity contribution in [2.45, 2.75) is 52.1 Å². The van der Waals surface area contributed by atoms with Gasteiger partial charge in [0.05, 0.1) is 6.10 Å². The van der Waals surface area contributed by atoms with Crippen LogP contribution in [0.2, 0.25) is 0 Å². The fourth-order valence-electron chi connectivity index (χ4n) is 2.08. The molecule has 0 bridgehead atoms. The van der Waals surface area contributed by atoms with Crippen LogP contribution >= 0.6 is 22.6 Å². The van der Waals surface area contributed by atoms with Gasteiger partial charge in [-0.3, -0.25) is 0 Å². The van der Waals surface area contributed by atoms with Crippen LogP contribution in [-0.4, -0.2) is 11.2 Å². The highest BCUT2D eigenvalue weighted by Crippen LogP contribution is 2.30. The SMILES string of the molecule is CCCCCC/C(I)=C(\c1ccccc1)C(C)O. The smallest absolute Gasteiger partial charge is 0.0774 e. The van der Waals surface area contributed by atoms with E-state index in [4.69, 9.17) is 0 Å². The van der Waals surface area contributed by atoms with E-state index in [0.717, 1.165) is 17.6 Å². The Kier molecular flexibility index (Phi) is 7.59. The zero-order valence-electron chi connectivity index (χ0n) is 11.3. The molecule has 0 radical (unpaired) electrons. The Morgan fingerprint density at radius 3 is 2.39 bits per heavy atom. The molecule has 0 saturated carbocycles. The number of aliphatic hydroxyl groups excluding tert-OH is 1. The minimum Gasteiger partial charge on any atom is -0.389 e. The molecular weight excluding hydrogens is 335 g/mol. The second-order valence-electron chi connectivity index (χ2n) is 4.67. The lowest BCUT2D eigenvalue weighted by atomic mass is 9.99. The van der Waals surface area contributed by atoms with Gasteiger partial charge in [-0.1, -0.05) is 56.5 Å². The molecular formula is C16H23IO. The lowest BCUT2D eigenvalue weighted by Gasteiger charge is -2.14. The molecule has 0 aliphatic heterocycles. The maximum atomic E-state index is 9.98. The van der Waals surface area contributed by atoms with Crippen LogP contribution in [0, 0.1) is 0 Å². The van der Waals surface area contributed by atoms with Crippen molar-refractivity contribution in [2.75, 3.05) is 0 Å². The molecule has 2 heteroatoms. The van der Waals surface area contributed by atoms with Gasteiger partial charge in [0.1, 0.15) is 0 Å². The molecule has 1 N–H and O–H groups in total. The first kappa shape index (κ1) is 15.7. The number of hydrogen-bond donors (Lipinski definition) is 1. The average Bonchev–Trinajstić information content (AvgIpc) is 2.36. The number of benzene rings is 1. The van der Waals surface area contributed by atoms with Gasteiger partial charge in [-0.25, -0.2) is 0 Å². The van der Waals surface area contributed by atoms with Crippen molar-refractivity contribution in [3.05, 3.63) is 39.5 Å². The standard InChI is InChI=1S/C16H23IO/c1-3-4-5-9-12-15(17)16(13(2)18)14-10-7-6-8-11-14/h6-8,10-11,13,18H,3-5,9,12H2,1-2H3/b16-15+. The van der Waals surface area contributed by atoms with Crippen LogP contribution < -0.4 is 0 Å². The second kappa shape index (κ2) is 8.70. The van der Waals surface area contributed by atoms with E-state index < -0.39 is 6.10 Å². The van der Waals surface area contributed by atoms with Gasteiger partial charge < -0.3 is 5.11 Å². The summed E-state index contributed by atoms with van der Waals surface area (Å²) in [4.78, 5) is 0. The summed E-state index contributed by atoms with van der Waals surface area (Å²) >= 11 is 2.39. The van der Waals surface area contributed by atoms with Crippen LogP contribution in [0.4, 0.5) is 0 Å². The van der Waals surface area contributed by atoms with Gasteiger partial charge in [-0.2, -0.15) is 0 Å². The largest absolute Gasteiger partial charge is 0.389 e. The first-order chi connectivity index (χ1) is 8.66. The fraction of sp³-hybridized carbons (Fsp3) is 0.500. The Hall–Kier alpha value is -0.350. The summed E-state index contributed by atoms with van der Waals surface area (Å²) in [5.74, 6) is 0. The van der Waals surface area contributed by atoms with Crippen molar-refractivity contribution in [1.29, 1.82) is 0 Å². The lowest BCUT2D eigenvalue weighted by molar-refractivity contribution is 0.253. The zero-order valence-corrected chi connectivity index (χ0v) is 13.5. The summed E-state index contributed by atoms with van der Waals surface area (Å²) in [6.07, 6.45) is 5.75. The van der Waals surface area contributed by atoms with Crippen LogP contribution in [0.15, 0.2) is 33.9 Å². The summed E-state index contributed by atoms with van der Waals surface area (Å²) in [5, 5.41) is 9.98. The van der Waals surface area contributed by atoms with Gasteiger partial charge in [-0.15, -0.1) is 0 Å². The monoisotopic (exact) mass is 358 g/mol. The van der Waals surface area contributed by atoms with Crippen LogP contribution in [-0.2, 0) is 0 Å². The first-order valence-electron chi connectivity index (χ1n) is 6.78. The molecule has 18 heavy (non-hydrogen) atoms. The van der Waals surface area contributed by atoms with E-state index in [2.05, 4.69) is 41.6 Å². The molecule has 0 spiro atoms. The Balaban J connectivity index is 2.77.